The Morgan fingerprint density at radius 3 is 2.22 bits per heavy atom. The molecule has 5 fully saturated rings. The van der Waals surface area contributed by atoms with Crippen LogP contribution in [0.4, 0.5) is 0 Å². The number of benzene rings is 2. The SMILES string of the molecule is CC(C)(C)OC(=O)C=Cc1ccc(-c2ccc(OCCCCCCCC(=O)NOC3CCCCO3)c(C34CC5CC(CC(C5)C3)C4)c2)cc1. The molecule has 1 heterocycles. The first kappa shape index (κ1) is 35.7. The van der Waals surface area contributed by atoms with Crippen molar-refractivity contribution in [1.29, 1.82) is 0 Å². The minimum Gasteiger partial charge on any atom is -0.493 e. The summed E-state index contributed by atoms with van der Waals surface area (Å²) in [5, 5.41) is 0. The molecule has 7 rings (SSSR count). The zero-order valence-corrected chi connectivity index (χ0v) is 30.0. The maximum Gasteiger partial charge on any atom is 0.331 e. The molecule has 1 amide bonds. The number of carbonyl (C=O) groups is 2. The third kappa shape index (κ3) is 9.97. The fourth-order valence-electron chi connectivity index (χ4n) is 9.06. The zero-order valence-electron chi connectivity index (χ0n) is 30.0. The lowest BCUT2D eigenvalue weighted by Gasteiger charge is -2.57. The van der Waals surface area contributed by atoms with E-state index in [1.54, 1.807) is 0 Å². The summed E-state index contributed by atoms with van der Waals surface area (Å²) in [6.45, 7) is 7.04. The number of rotatable bonds is 15. The van der Waals surface area contributed by atoms with Crippen LogP contribution in [0.5, 0.6) is 5.75 Å². The highest BCUT2D eigenvalue weighted by Gasteiger charge is 2.52. The molecular formula is C42H57NO6. The molecule has 2 aromatic carbocycles. The van der Waals surface area contributed by atoms with Gasteiger partial charge in [0.05, 0.1) is 6.61 Å². The maximum absolute atomic E-state index is 12.1. The molecule has 2 aromatic rings. The monoisotopic (exact) mass is 671 g/mol. The van der Waals surface area contributed by atoms with Crippen LogP contribution < -0.4 is 10.2 Å². The Kier molecular flexibility index (Phi) is 11.8. The van der Waals surface area contributed by atoms with Gasteiger partial charge in [0, 0.05) is 31.1 Å². The summed E-state index contributed by atoms with van der Waals surface area (Å²) in [4.78, 5) is 29.7. The smallest absolute Gasteiger partial charge is 0.331 e. The number of ether oxygens (including phenoxy) is 3. The van der Waals surface area contributed by atoms with Gasteiger partial charge in [0.1, 0.15) is 11.4 Å². The number of hydroxylamine groups is 1. The number of hydrogen-bond donors (Lipinski definition) is 1. The molecule has 0 radical (unpaired) electrons. The predicted molar refractivity (Wildman–Crippen MR) is 193 cm³/mol. The van der Waals surface area contributed by atoms with Crippen molar-refractivity contribution in [2.45, 2.75) is 134 Å². The second-order valence-electron chi connectivity index (χ2n) is 16.2. The molecule has 49 heavy (non-hydrogen) atoms. The molecule has 4 bridgehead atoms. The van der Waals surface area contributed by atoms with Gasteiger partial charge in [-0.15, -0.1) is 0 Å². The van der Waals surface area contributed by atoms with Crippen molar-refractivity contribution in [2.75, 3.05) is 13.2 Å². The Balaban J connectivity index is 1.03. The van der Waals surface area contributed by atoms with Crippen LogP contribution in [0.3, 0.4) is 0 Å². The molecule has 1 N–H and O–H groups in total. The summed E-state index contributed by atoms with van der Waals surface area (Å²) in [6, 6.07) is 15.3. The van der Waals surface area contributed by atoms with Crippen molar-refractivity contribution in [3.8, 4) is 16.9 Å². The van der Waals surface area contributed by atoms with Gasteiger partial charge in [-0.25, -0.2) is 15.1 Å². The molecule has 0 aromatic heterocycles. The molecule has 1 saturated heterocycles. The predicted octanol–water partition coefficient (Wildman–Crippen LogP) is 9.47. The molecule has 4 saturated carbocycles. The van der Waals surface area contributed by atoms with Crippen molar-refractivity contribution in [3.05, 3.63) is 59.7 Å². The van der Waals surface area contributed by atoms with Gasteiger partial charge in [0.15, 0.2) is 6.29 Å². The molecule has 1 atom stereocenters. The third-order valence-electron chi connectivity index (χ3n) is 10.9. The molecule has 4 aliphatic carbocycles. The first-order chi connectivity index (χ1) is 23.6. The van der Waals surface area contributed by atoms with E-state index in [4.69, 9.17) is 19.0 Å². The number of carbonyl (C=O) groups excluding carboxylic acids is 2. The van der Waals surface area contributed by atoms with E-state index in [0.717, 1.165) is 80.4 Å². The van der Waals surface area contributed by atoms with E-state index in [1.165, 1.54) is 61.3 Å². The topological polar surface area (TPSA) is 83.1 Å². The normalized spacial score (nSPS) is 26.2. The second-order valence-corrected chi connectivity index (χ2v) is 16.2. The summed E-state index contributed by atoms with van der Waals surface area (Å²) >= 11 is 0. The van der Waals surface area contributed by atoms with Gasteiger partial charge >= 0.3 is 5.97 Å². The number of hydrogen-bond acceptors (Lipinski definition) is 6. The van der Waals surface area contributed by atoms with Crippen LogP contribution in [0.2, 0.25) is 0 Å². The lowest BCUT2D eigenvalue weighted by Crippen LogP contribution is -2.48. The van der Waals surface area contributed by atoms with E-state index in [-0.39, 0.29) is 23.6 Å². The highest BCUT2D eigenvalue weighted by atomic mass is 16.8. The average Bonchev–Trinajstić information content (AvgIpc) is 3.07. The van der Waals surface area contributed by atoms with Crippen molar-refractivity contribution < 1.29 is 28.6 Å². The van der Waals surface area contributed by atoms with Crippen LogP contribution in [-0.4, -0.2) is 37.0 Å². The molecule has 1 aliphatic heterocycles. The molecule has 5 aliphatic rings. The highest BCUT2D eigenvalue weighted by molar-refractivity contribution is 5.87. The summed E-state index contributed by atoms with van der Waals surface area (Å²) in [5.41, 5.74) is 7.08. The second kappa shape index (κ2) is 16.2. The molecular weight excluding hydrogens is 614 g/mol. The van der Waals surface area contributed by atoms with E-state index in [1.807, 2.05) is 26.8 Å². The minimum atomic E-state index is -0.503. The van der Waals surface area contributed by atoms with Gasteiger partial charge in [-0.3, -0.25) is 4.79 Å². The van der Waals surface area contributed by atoms with Crippen LogP contribution in [-0.2, 0) is 29.3 Å². The number of nitrogens with one attached hydrogen (secondary N) is 1. The molecule has 266 valence electrons. The van der Waals surface area contributed by atoms with Crippen LogP contribution in [0, 0.1) is 17.8 Å². The van der Waals surface area contributed by atoms with Gasteiger partial charge in [-0.2, -0.15) is 0 Å². The Morgan fingerprint density at radius 2 is 1.55 bits per heavy atom. The van der Waals surface area contributed by atoms with E-state index in [0.29, 0.717) is 19.6 Å². The number of amides is 1. The van der Waals surface area contributed by atoms with Gasteiger partial charge < -0.3 is 14.2 Å². The molecule has 7 heteroatoms. The minimum absolute atomic E-state index is 0.0656. The standard InChI is InChI=1S/C42H57NO6/c1-41(2,3)48-39(45)20-15-30-13-16-34(17-14-30)35-18-19-37(36(26-35)42-27-31-23-32(28-42)25-33(24-31)29-42)46-21-9-6-4-5-7-11-38(44)43-49-40-12-8-10-22-47-40/h13-20,26,31-33,40H,4-12,21-25,27-29H2,1-3H3,(H,43,44). The molecule has 1 unspecified atom stereocenters. The Bertz CT molecular complexity index is 1400. The average molecular weight is 672 g/mol. The van der Waals surface area contributed by atoms with Crippen LogP contribution in [0.25, 0.3) is 17.2 Å². The van der Waals surface area contributed by atoms with E-state index >= 15 is 0 Å². The number of unbranched alkanes of at least 4 members (excludes halogenated alkanes) is 4. The first-order valence-electron chi connectivity index (χ1n) is 19.0. The fourth-order valence-corrected chi connectivity index (χ4v) is 9.06. The molecule has 7 nitrogen and oxygen atoms in total. The maximum atomic E-state index is 12.1. The van der Waals surface area contributed by atoms with E-state index in [9.17, 15) is 9.59 Å². The first-order valence-corrected chi connectivity index (χ1v) is 19.0. The Morgan fingerprint density at radius 1 is 0.878 bits per heavy atom. The van der Waals surface area contributed by atoms with E-state index in [2.05, 4.69) is 47.9 Å². The lowest BCUT2D eigenvalue weighted by atomic mass is 9.48. The summed E-state index contributed by atoms with van der Waals surface area (Å²) in [7, 11) is 0. The van der Waals surface area contributed by atoms with Crippen molar-refractivity contribution in [2.24, 2.45) is 17.8 Å². The number of esters is 1. The van der Waals surface area contributed by atoms with Gasteiger partial charge in [-0.1, -0.05) is 49.6 Å². The largest absolute Gasteiger partial charge is 0.493 e. The van der Waals surface area contributed by atoms with Crippen LogP contribution in [0.15, 0.2) is 48.5 Å². The Hall–Kier alpha value is -3.16. The zero-order chi connectivity index (χ0) is 34.3. The quantitative estimate of drug-likeness (QED) is 0.0879. The van der Waals surface area contributed by atoms with Crippen molar-refractivity contribution in [1.82, 2.24) is 5.48 Å². The highest BCUT2D eigenvalue weighted by Crippen LogP contribution is 2.62. The third-order valence-corrected chi connectivity index (χ3v) is 10.9. The lowest BCUT2D eigenvalue weighted by molar-refractivity contribution is -0.200. The van der Waals surface area contributed by atoms with Crippen molar-refractivity contribution >= 4 is 18.0 Å². The van der Waals surface area contributed by atoms with Gasteiger partial charge in [0.2, 0.25) is 5.91 Å². The van der Waals surface area contributed by atoms with Crippen LogP contribution in [0.1, 0.15) is 128 Å². The Labute approximate surface area is 293 Å². The molecule has 0 spiro atoms. The summed E-state index contributed by atoms with van der Waals surface area (Å²) in [5.74, 6) is 3.24. The van der Waals surface area contributed by atoms with Crippen molar-refractivity contribution in [3.63, 3.8) is 0 Å². The summed E-state index contributed by atoms with van der Waals surface area (Å²) in [6.07, 6.45) is 19.7. The van der Waals surface area contributed by atoms with Gasteiger partial charge in [0.25, 0.3) is 0 Å². The van der Waals surface area contributed by atoms with Crippen LogP contribution >= 0.6 is 0 Å². The van der Waals surface area contributed by atoms with E-state index < -0.39 is 5.60 Å². The fraction of sp³-hybridized carbons (Fsp3) is 0.619. The van der Waals surface area contributed by atoms with Gasteiger partial charge in [-0.05, 0) is 143 Å². The summed E-state index contributed by atoms with van der Waals surface area (Å²) < 4.78 is 17.5.